The van der Waals surface area contributed by atoms with Gasteiger partial charge in [-0.15, -0.1) is 0 Å². The van der Waals surface area contributed by atoms with Crippen molar-refractivity contribution in [3.8, 4) is 5.75 Å². The van der Waals surface area contributed by atoms with E-state index in [1.807, 2.05) is 36.4 Å². The molecule has 1 fully saturated rings. The first kappa shape index (κ1) is 17.5. The quantitative estimate of drug-likeness (QED) is 0.878. The van der Waals surface area contributed by atoms with Crippen LogP contribution in [0.1, 0.15) is 41.3 Å². The van der Waals surface area contributed by atoms with Crippen LogP contribution >= 0.6 is 0 Å². The molecular weight excluding hydrogens is 312 g/mol. The summed E-state index contributed by atoms with van der Waals surface area (Å²) in [5.74, 6) is 0.574. The fraction of sp³-hybridized carbons (Fsp3) is 0.381. The van der Waals surface area contributed by atoms with Crippen LogP contribution in [-0.2, 0) is 6.61 Å². The third-order valence-corrected chi connectivity index (χ3v) is 4.74. The predicted octanol–water partition coefficient (Wildman–Crippen LogP) is 3.44. The van der Waals surface area contributed by atoms with Gasteiger partial charge in [-0.1, -0.05) is 36.4 Å². The number of hydrogen-bond acceptors (Lipinski definition) is 3. The molecule has 2 aromatic rings. The Bertz CT molecular complexity index is 729. The second-order valence-electron chi connectivity index (χ2n) is 6.76. The number of piperidine rings is 1. The number of para-hydroxylation sites is 1. The van der Waals surface area contributed by atoms with E-state index in [2.05, 4.69) is 36.6 Å². The van der Waals surface area contributed by atoms with Crippen LogP contribution in [0.2, 0.25) is 0 Å². The normalized spacial score (nSPS) is 20.1. The minimum Gasteiger partial charge on any atom is -0.488 e. The fourth-order valence-corrected chi connectivity index (χ4v) is 3.23. The number of benzene rings is 2. The Morgan fingerprint density at radius 2 is 1.96 bits per heavy atom. The number of hydrogen-bond donors (Lipinski definition) is 2. The number of aryl methyl sites for hydroxylation is 1. The molecule has 1 aliphatic rings. The molecule has 0 spiro atoms. The Morgan fingerprint density at radius 3 is 2.76 bits per heavy atom. The van der Waals surface area contributed by atoms with Crippen LogP contribution in [-0.4, -0.2) is 24.5 Å². The van der Waals surface area contributed by atoms with Crippen LogP contribution in [0.3, 0.4) is 0 Å². The number of carbonyl (C=O) groups excluding carboxylic acids is 1. The molecule has 3 rings (SSSR count). The van der Waals surface area contributed by atoms with E-state index in [0.29, 0.717) is 24.0 Å². The lowest BCUT2D eigenvalue weighted by molar-refractivity contribution is 0.0921. The molecule has 1 amide bonds. The van der Waals surface area contributed by atoms with Crippen LogP contribution in [0.15, 0.2) is 48.5 Å². The zero-order valence-electron chi connectivity index (χ0n) is 14.9. The molecule has 132 valence electrons. The Balaban J connectivity index is 1.67. The topological polar surface area (TPSA) is 50.4 Å². The maximum absolute atomic E-state index is 12.7. The Hall–Kier alpha value is -2.33. The van der Waals surface area contributed by atoms with Gasteiger partial charge < -0.3 is 15.4 Å². The van der Waals surface area contributed by atoms with E-state index < -0.39 is 0 Å². The monoisotopic (exact) mass is 338 g/mol. The van der Waals surface area contributed by atoms with Gasteiger partial charge in [-0.25, -0.2) is 0 Å². The van der Waals surface area contributed by atoms with Crippen molar-refractivity contribution in [2.45, 2.75) is 45.4 Å². The van der Waals surface area contributed by atoms with Crippen molar-refractivity contribution in [2.24, 2.45) is 0 Å². The highest BCUT2D eigenvalue weighted by molar-refractivity contribution is 5.97. The minimum atomic E-state index is -0.0560. The molecule has 0 aromatic heterocycles. The molecule has 0 aliphatic carbocycles. The van der Waals surface area contributed by atoms with Crippen molar-refractivity contribution in [1.82, 2.24) is 10.6 Å². The van der Waals surface area contributed by atoms with Crippen LogP contribution < -0.4 is 15.4 Å². The van der Waals surface area contributed by atoms with Gasteiger partial charge in [-0.2, -0.15) is 0 Å². The summed E-state index contributed by atoms with van der Waals surface area (Å²) in [4.78, 5) is 12.7. The van der Waals surface area contributed by atoms with Gasteiger partial charge in [0, 0.05) is 12.1 Å². The van der Waals surface area contributed by atoms with Gasteiger partial charge in [0.05, 0.1) is 5.56 Å². The second kappa shape index (κ2) is 8.17. The SMILES string of the molecule is Cc1ccccc1COc1ccccc1C(=O)NC1CCNC(C)C1. The van der Waals surface area contributed by atoms with Gasteiger partial charge in [0.1, 0.15) is 12.4 Å². The molecule has 25 heavy (non-hydrogen) atoms. The maximum Gasteiger partial charge on any atom is 0.255 e. The highest BCUT2D eigenvalue weighted by atomic mass is 16.5. The lowest BCUT2D eigenvalue weighted by Gasteiger charge is -2.28. The van der Waals surface area contributed by atoms with Crippen molar-refractivity contribution in [3.63, 3.8) is 0 Å². The molecule has 1 aliphatic heterocycles. The summed E-state index contributed by atoms with van der Waals surface area (Å²) in [5, 5.41) is 6.56. The van der Waals surface area contributed by atoms with E-state index in [4.69, 9.17) is 4.74 Å². The van der Waals surface area contributed by atoms with Crippen LogP contribution in [0.4, 0.5) is 0 Å². The summed E-state index contributed by atoms with van der Waals surface area (Å²) in [5.41, 5.74) is 2.92. The molecule has 2 aromatic carbocycles. The van der Waals surface area contributed by atoms with Crippen molar-refractivity contribution in [3.05, 3.63) is 65.2 Å². The molecule has 2 atom stereocenters. The molecule has 2 N–H and O–H groups in total. The summed E-state index contributed by atoms with van der Waals surface area (Å²) in [6.45, 7) is 5.62. The van der Waals surface area contributed by atoms with E-state index in [1.54, 1.807) is 0 Å². The van der Waals surface area contributed by atoms with E-state index in [1.165, 1.54) is 5.56 Å². The molecule has 0 radical (unpaired) electrons. The van der Waals surface area contributed by atoms with Crippen LogP contribution in [0.25, 0.3) is 0 Å². The Labute approximate surface area is 149 Å². The smallest absolute Gasteiger partial charge is 0.255 e. The predicted molar refractivity (Wildman–Crippen MR) is 99.9 cm³/mol. The molecular formula is C21H26N2O2. The first-order valence-electron chi connectivity index (χ1n) is 8.94. The molecule has 0 saturated carbocycles. The number of amides is 1. The fourth-order valence-electron chi connectivity index (χ4n) is 3.23. The van der Waals surface area contributed by atoms with Crippen LogP contribution in [0, 0.1) is 6.92 Å². The zero-order valence-corrected chi connectivity index (χ0v) is 14.9. The van der Waals surface area contributed by atoms with Crippen molar-refractivity contribution in [2.75, 3.05) is 6.54 Å². The van der Waals surface area contributed by atoms with Gasteiger partial charge in [-0.3, -0.25) is 4.79 Å². The Kier molecular flexibility index (Phi) is 5.71. The molecule has 1 saturated heterocycles. The molecule has 4 heteroatoms. The number of ether oxygens (including phenoxy) is 1. The lowest BCUT2D eigenvalue weighted by Crippen LogP contribution is -2.46. The van der Waals surface area contributed by atoms with Gasteiger partial charge in [-0.05, 0) is 56.5 Å². The molecule has 2 unspecified atom stereocenters. The summed E-state index contributed by atoms with van der Waals surface area (Å²) < 4.78 is 5.96. The van der Waals surface area contributed by atoms with Crippen molar-refractivity contribution in [1.29, 1.82) is 0 Å². The number of carbonyl (C=O) groups is 1. The lowest BCUT2D eigenvalue weighted by atomic mass is 10.00. The Morgan fingerprint density at radius 1 is 1.20 bits per heavy atom. The second-order valence-corrected chi connectivity index (χ2v) is 6.76. The zero-order chi connectivity index (χ0) is 17.6. The summed E-state index contributed by atoms with van der Waals surface area (Å²) in [6, 6.07) is 16.2. The largest absolute Gasteiger partial charge is 0.488 e. The number of nitrogens with one attached hydrogen (secondary N) is 2. The molecule has 0 bridgehead atoms. The van der Waals surface area contributed by atoms with E-state index in [-0.39, 0.29) is 11.9 Å². The van der Waals surface area contributed by atoms with Gasteiger partial charge in [0.15, 0.2) is 0 Å². The maximum atomic E-state index is 12.7. The van der Waals surface area contributed by atoms with Crippen molar-refractivity contribution >= 4 is 5.91 Å². The van der Waals surface area contributed by atoms with Gasteiger partial charge in [0.25, 0.3) is 5.91 Å². The van der Waals surface area contributed by atoms with E-state index in [9.17, 15) is 4.79 Å². The molecule has 1 heterocycles. The average molecular weight is 338 g/mol. The first-order chi connectivity index (χ1) is 12.1. The van der Waals surface area contributed by atoms with E-state index in [0.717, 1.165) is 24.9 Å². The van der Waals surface area contributed by atoms with Crippen LogP contribution in [0.5, 0.6) is 5.75 Å². The third kappa shape index (κ3) is 4.60. The standard InChI is InChI=1S/C21H26N2O2/c1-15-7-3-4-8-17(15)14-25-20-10-6-5-9-19(20)21(24)23-18-11-12-22-16(2)13-18/h3-10,16,18,22H,11-14H2,1-2H3,(H,23,24). The highest BCUT2D eigenvalue weighted by Gasteiger charge is 2.21. The van der Waals surface area contributed by atoms with Gasteiger partial charge >= 0.3 is 0 Å². The third-order valence-electron chi connectivity index (χ3n) is 4.74. The first-order valence-corrected chi connectivity index (χ1v) is 8.94. The summed E-state index contributed by atoms with van der Waals surface area (Å²) >= 11 is 0. The van der Waals surface area contributed by atoms with Crippen molar-refractivity contribution < 1.29 is 9.53 Å². The molecule has 4 nitrogen and oxygen atoms in total. The average Bonchev–Trinajstić information content (AvgIpc) is 2.61. The highest BCUT2D eigenvalue weighted by Crippen LogP contribution is 2.21. The summed E-state index contributed by atoms with van der Waals surface area (Å²) in [7, 11) is 0. The minimum absolute atomic E-state index is 0.0560. The summed E-state index contributed by atoms with van der Waals surface area (Å²) in [6.07, 6.45) is 1.92. The van der Waals surface area contributed by atoms with E-state index >= 15 is 0 Å². The number of rotatable bonds is 5. The van der Waals surface area contributed by atoms with Gasteiger partial charge in [0.2, 0.25) is 0 Å².